The van der Waals surface area contributed by atoms with E-state index in [0.717, 1.165) is 11.1 Å². The monoisotopic (exact) mass is 591 g/mol. The smallest absolute Gasteiger partial charge is 0.329 e. The van der Waals surface area contributed by atoms with E-state index < -0.39 is 17.6 Å². The number of nitrogens with one attached hydrogen (secondary N) is 2. The van der Waals surface area contributed by atoms with Gasteiger partial charge in [0.2, 0.25) is 0 Å². The first-order chi connectivity index (χ1) is 16.3. The van der Waals surface area contributed by atoms with E-state index >= 15 is 0 Å². The largest absolute Gasteiger partial charge is 0.493 e. The highest BCUT2D eigenvalue weighted by Gasteiger charge is 2.16. The third-order valence-corrected chi connectivity index (χ3v) is 5.60. The molecule has 0 saturated carbocycles. The highest BCUT2D eigenvalue weighted by atomic mass is 79.9. The lowest BCUT2D eigenvalue weighted by Crippen LogP contribution is -2.32. The van der Waals surface area contributed by atoms with Crippen LogP contribution in [0.1, 0.15) is 16.7 Å². The molecule has 0 spiro atoms. The maximum absolute atomic E-state index is 13.8. The first-order valence-corrected chi connectivity index (χ1v) is 11.5. The fourth-order valence-corrected chi connectivity index (χ4v) is 3.69. The maximum atomic E-state index is 13.8. The molecule has 3 aromatic rings. The van der Waals surface area contributed by atoms with Gasteiger partial charge in [0.05, 0.1) is 23.5 Å². The summed E-state index contributed by atoms with van der Waals surface area (Å²) in [6.07, 6.45) is 1.34. The van der Waals surface area contributed by atoms with E-state index in [1.54, 1.807) is 12.1 Å². The van der Waals surface area contributed by atoms with E-state index in [0.29, 0.717) is 32.6 Å². The number of rotatable bonds is 7. The van der Waals surface area contributed by atoms with E-state index in [1.165, 1.54) is 31.5 Å². The predicted molar refractivity (Wildman–Crippen MR) is 135 cm³/mol. The number of anilines is 1. The number of amides is 2. The van der Waals surface area contributed by atoms with Crippen LogP contribution in [0, 0.1) is 12.7 Å². The number of carbonyl (C=O) groups is 2. The van der Waals surface area contributed by atoms with Crippen LogP contribution in [0.4, 0.5) is 10.1 Å². The van der Waals surface area contributed by atoms with Crippen molar-refractivity contribution in [1.29, 1.82) is 0 Å². The van der Waals surface area contributed by atoms with Gasteiger partial charge in [0.15, 0.2) is 11.5 Å². The summed E-state index contributed by atoms with van der Waals surface area (Å²) < 4.78 is 26.3. The van der Waals surface area contributed by atoms with Crippen molar-refractivity contribution in [1.82, 2.24) is 5.43 Å². The Labute approximate surface area is 212 Å². The summed E-state index contributed by atoms with van der Waals surface area (Å²) in [4.78, 5) is 24.0. The minimum absolute atomic E-state index is 0.123. The summed E-state index contributed by atoms with van der Waals surface area (Å²) in [5, 5.41) is 5.97. The van der Waals surface area contributed by atoms with Crippen molar-refractivity contribution < 1.29 is 23.5 Å². The second-order valence-corrected chi connectivity index (χ2v) is 8.86. The quantitative estimate of drug-likeness (QED) is 0.220. The van der Waals surface area contributed by atoms with Crippen LogP contribution >= 0.6 is 31.9 Å². The number of benzene rings is 3. The van der Waals surface area contributed by atoms with Crippen molar-refractivity contribution in [3.8, 4) is 11.5 Å². The number of hydrogen-bond donors (Lipinski definition) is 2. The molecule has 0 saturated heterocycles. The molecule has 176 valence electrons. The van der Waals surface area contributed by atoms with Gasteiger partial charge in [0.1, 0.15) is 12.4 Å². The van der Waals surface area contributed by atoms with Crippen molar-refractivity contribution in [3.63, 3.8) is 0 Å². The van der Waals surface area contributed by atoms with Gasteiger partial charge in [-0.2, -0.15) is 5.10 Å². The molecule has 10 heteroatoms. The number of aryl methyl sites for hydroxylation is 1. The molecule has 0 radical (unpaired) electrons. The van der Waals surface area contributed by atoms with Gasteiger partial charge in [0.25, 0.3) is 0 Å². The third kappa shape index (κ3) is 6.88. The van der Waals surface area contributed by atoms with Gasteiger partial charge in [-0.25, -0.2) is 9.82 Å². The number of carbonyl (C=O) groups excluding carboxylic acids is 2. The Morgan fingerprint density at radius 2 is 1.79 bits per heavy atom. The van der Waals surface area contributed by atoms with E-state index in [2.05, 4.69) is 47.7 Å². The molecule has 34 heavy (non-hydrogen) atoms. The van der Waals surface area contributed by atoms with Crippen molar-refractivity contribution in [3.05, 3.63) is 86.1 Å². The number of methoxy groups -OCH3 is 1. The first kappa shape index (κ1) is 25.4. The van der Waals surface area contributed by atoms with Crippen LogP contribution in [0.25, 0.3) is 0 Å². The second-order valence-electron chi connectivity index (χ2n) is 7.09. The summed E-state index contributed by atoms with van der Waals surface area (Å²) >= 11 is 6.58. The molecule has 0 heterocycles. The van der Waals surface area contributed by atoms with Crippen LogP contribution < -0.4 is 20.2 Å². The van der Waals surface area contributed by atoms with Crippen molar-refractivity contribution in [2.24, 2.45) is 5.10 Å². The number of hydrogen-bond acceptors (Lipinski definition) is 5. The molecule has 0 aliphatic rings. The van der Waals surface area contributed by atoms with Gasteiger partial charge in [-0.1, -0.05) is 45.8 Å². The number of ether oxygens (including phenoxy) is 2. The minimum atomic E-state index is -1.06. The molecular formula is C24H20Br2FN3O4. The zero-order valence-electron chi connectivity index (χ0n) is 18.2. The van der Waals surface area contributed by atoms with Crippen LogP contribution in [0.3, 0.4) is 0 Å². The summed E-state index contributed by atoms with van der Waals surface area (Å²) in [5.74, 6) is -1.82. The average molecular weight is 593 g/mol. The topological polar surface area (TPSA) is 89.0 Å². The van der Waals surface area contributed by atoms with Crippen LogP contribution in [-0.2, 0) is 16.2 Å². The van der Waals surface area contributed by atoms with Crippen LogP contribution in [0.15, 0.2) is 68.6 Å². The molecule has 2 amide bonds. The Morgan fingerprint density at radius 1 is 1.06 bits per heavy atom. The number of nitrogens with zero attached hydrogens (tertiary/aromatic N) is 1. The maximum Gasteiger partial charge on any atom is 0.329 e. The van der Waals surface area contributed by atoms with E-state index in [9.17, 15) is 14.0 Å². The lowest BCUT2D eigenvalue weighted by atomic mass is 10.2. The molecule has 0 aliphatic carbocycles. The van der Waals surface area contributed by atoms with Gasteiger partial charge in [-0.15, -0.1) is 0 Å². The van der Waals surface area contributed by atoms with Gasteiger partial charge in [-0.3, -0.25) is 9.59 Å². The molecular weight excluding hydrogens is 573 g/mol. The van der Waals surface area contributed by atoms with E-state index in [4.69, 9.17) is 9.47 Å². The summed E-state index contributed by atoms with van der Waals surface area (Å²) in [5.41, 5.74) is 4.73. The summed E-state index contributed by atoms with van der Waals surface area (Å²) in [6.45, 7) is 2.37. The van der Waals surface area contributed by atoms with Crippen molar-refractivity contribution >= 4 is 55.6 Å². The summed E-state index contributed by atoms with van der Waals surface area (Å²) in [6, 6.07) is 15.4. The highest BCUT2D eigenvalue weighted by Crippen LogP contribution is 2.36. The normalized spacial score (nSPS) is 10.7. The fraction of sp³-hybridized carbons (Fsp3) is 0.125. The number of hydrazone groups is 1. The molecule has 0 aromatic heterocycles. The summed E-state index contributed by atoms with van der Waals surface area (Å²) in [7, 11) is 1.51. The molecule has 3 aromatic carbocycles. The van der Waals surface area contributed by atoms with Crippen LogP contribution in [-0.4, -0.2) is 25.1 Å². The average Bonchev–Trinajstić information content (AvgIpc) is 2.80. The molecule has 0 aliphatic heterocycles. The highest BCUT2D eigenvalue weighted by molar-refractivity contribution is 9.10. The third-order valence-electron chi connectivity index (χ3n) is 4.52. The molecule has 0 bridgehead atoms. The van der Waals surface area contributed by atoms with Gasteiger partial charge in [0, 0.05) is 4.47 Å². The Morgan fingerprint density at radius 3 is 2.47 bits per heavy atom. The lowest BCUT2D eigenvalue weighted by molar-refractivity contribution is -0.136. The van der Waals surface area contributed by atoms with E-state index in [1.807, 2.05) is 31.2 Å². The number of halogens is 3. The van der Waals surface area contributed by atoms with Crippen molar-refractivity contribution in [2.45, 2.75) is 13.5 Å². The molecule has 0 unspecified atom stereocenters. The van der Waals surface area contributed by atoms with Gasteiger partial charge >= 0.3 is 11.8 Å². The molecule has 3 rings (SSSR count). The van der Waals surface area contributed by atoms with Crippen LogP contribution in [0.5, 0.6) is 11.5 Å². The van der Waals surface area contributed by atoms with E-state index in [-0.39, 0.29) is 5.69 Å². The standard InChI is InChI=1S/C24H20Br2FN3O4/c1-14-3-5-15(6-4-14)13-34-22-18(26)9-16(10-21(22)33-2)12-28-30-24(32)23(31)29-20-8-7-17(25)11-19(20)27/h3-12H,13H2,1-2H3,(H,29,31)(H,30,32)/b28-12+. The predicted octanol–water partition coefficient (Wildman–Crippen LogP) is 5.34. The Hall–Kier alpha value is -3.24. The second kappa shape index (κ2) is 11.8. The zero-order chi connectivity index (χ0) is 24.7. The molecule has 0 atom stereocenters. The first-order valence-electron chi connectivity index (χ1n) is 9.92. The molecule has 2 N–H and O–H groups in total. The SMILES string of the molecule is COc1cc(/C=N/NC(=O)C(=O)Nc2ccc(Br)cc2F)cc(Br)c1OCc1ccc(C)cc1. The minimum Gasteiger partial charge on any atom is -0.493 e. The van der Waals surface area contributed by atoms with Gasteiger partial charge in [-0.05, 0) is 64.3 Å². The molecule has 0 fully saturated rings. The fourth-order valence-electron chi connectivity index (χ4n) is 2.78. The Kier molecular flexibility index (Phi) is 8.78. The van der Waals surface area contributed by atoms with Crippen LogP contribution in [0.2, 0.25) is 0 Å². The van der Waals surface area contributed by atoms with Gasteiger partial charge < -0.3 is 14.8 Å². The Bertz CT molecular complexity index is 1230. The molecule has 7 nitrogen and oxygen atoms in total. The van der Waals surface area contributed by atoms with Crippen molar-refractivity contribution in [2.75, 3.05) is 12.4 Å². The zero-order valence-corrected chi connectivity index (χ0v) is 21.4. The Balaban J connectivity index is 1.62. The lowest BCUT2D eigenvalue weighted by Gasteiger charge is -2.13.